The Morgan fingerprint density at radius 3 is 2.94 bits per heavy atom. The van der Waals surface area contributed by atoms with Crippen molar-refractivity contribution in [2.75, 3.05) is 17.6 Å². The van der Waals surface area contributed by atoms with E-state index in [-0.39, 0.29) is 0 Å². The maximum atomic E-state index is 11.1. The number of nitrogens with one attached hydrogen (secondary N) is 1. The minimum Gasteiger partial charge on any atom is -0.478 e. The third kappa shape index (κ3) is 1.57. The molecule has 0 radical (unpaired) electrons. The van der Waals surface area contributed by atoms with Gasteiger partial charge in [0.25, 0.3) is 0 Å². The molecule has 1 fully saturated rings. The number of thioether (sulfide) groups is 1. The predicted molar refractivity (Wildman–Crippen MR) is 64.3 cm³/mol. The molecule has 16 heavy (non-hydrogen) atoms. The van der Waals surface area contributed by atoms with Crippen molar-refractivity contribution in [3.8, 4) is 0 Å². The van der Waals surface area contributed by atoms with E-state index in [4.69, 9.17) is 5.11 Å². The maximum absolute atomic E-state index is 11.1. The Morgan fingerprint density at radius 2 is 2.25 bits per heavy atom. The van der Waals surface area contributed by atoms with Crippen molar-refractivity contribution in [1.29, 1.82) is 0 Å². The monoisotopic (exact) mass is 235 g/mol. The Balaban J connectivity index is 2.00. The van der Waals surface area contributed by atoms with Crippen molar-refractivity contribution in [3.05, 3.63) is 23.8 Å². The van der Waals surface area contributed by atoms with Gasteiger partial charge in [-0.2, -0.15) is 0 Å². The summed E-state index contributed by atoms with van der Waals surface area (Å²) in [6.45, 7) is 0.914. The van der Waals surface area contributed by atoms with E-state index in [9.17, 15) is 4.79 Å². The van der Waals surface area contributed by atoms with E-state index in [1.54, 1.807) is 17.8 Å². The van der Waals surface area contributed by atoms with Gasteiger partial charge >= 0.3 is 5.97 Å². The van der Waals surface area contributed by atoms with E-state index in [1.165, 1.54) is 12.8 Å². The van der Waals surface area contributed by atoms with Gasteiger partial charge in [-0.3, -0.25) is 0 Å². The standard InChI is InChI=1S/C12H13NO2S/c14-11(15)8-2-1-3-9-10(8)13-6-12(4-5-12)7-16-9/h1-3,13H,4-7H2,(H,14,15). The summed E-state index contributed by atoms with van der Waals surface area (Å²) in [5, 5.41) is 12.5. The number of hydrogen-bond acceptors (Lipinski definition) is 3. The molecule has 0 saturated heterocycles. The minimum atomic E-state index is -0.850. The number of carboxylic acid groups (broad SMARTS) is 1. The van der Waals surface area contributed by atoms with Crippen LogP contribution in [0.2, 0.25) is 0 Å². The topological polar surface area (TPSA) is 49.3 Å². The fourth-order valence-electron chi connectivity index (χ4n) is 2.07. The number of rotatable bonds is 1. The van der Waals surface area contributed by atoms with E-state index < -0.39 is 5.97 Å². The molecule has 1 aliphatic carbocycles. The van der Waals surface area contributed by atoms with Crippen LogP contribution < -0.4 is 5.32 Å². The number of fused-ring (bicyclic) bond motifs is 1. The Labute approximate surface area is 98.2 Å². The van der Waals surface area contributed by atoms with Crippen LogP contribution in [0.5, 0.6) is 0 Å². The van der Waals surface area contributed by atoms with Crippen molar-refractivity contribution >= 4 is 23.4 Å². The fourth-order valence-corrected chi connectivity index (χ4v) is 3.42. The number of para-hydroxylation sites is 1. The highest BCUT2D eigenvalue weighted by atomic mass is 32.2. The van der Waals surface area contributed by atoms with E-state index in [1.807, 2.05) is 12.1 Å². The molecule has 1 aromatic carbocycles. The first-order valence-corrected chi connectivity index (χ1v) is 6.42. The smallest absolute Gasteiger partial charge is 0.337 e. The number of hydrogen-bond donors (Lipinski definition) is 2. The SMILES string of the molecule is O=C(O)c1cccc2c1NCC1(CC1)CS2. The molecule has 2 aliphatic rings. The normalized spacial score (nSPS) is 20.8. The molecule has 0 amide bonds. The number of carboxylic acids is 1. The van der Waals surface area contributed by atoms with Gasteiger partial charge in [-0.1, -0.05) is 6.07 Å². The summed E-state index contributed by atoms with van der Waals surface area (Å²) in [4.78, 5) is 12.2. The summed E-state index contributed by atoms with van der Waals surface area (Å²) < 4.78 is 0. The molecule has 0 atom stereocenters. The summed E-state index contributed by atoms with van der Waals surface area (Å²) in [6.07, 6.45) is 2.53. The number of anilines is 1. The summed E-state index contributed by atoms with van der Waals surface area (Å²) in [5.74, 6) is 0.257. The second kappa shape index (κ2) is 3.42. The second-order valence-corrected chi connectivity index (χ2v) is 5.64. The summed E-state index contributed by atoms with van der Waals surface area (Å²) >= 11 is 1.78. The first kappa shape index (κ1) is 10.0. The second-order valence-electron chi connectivity index (χ2n) is 4.63. The molecule has 1 spiro atoms. The molecule has 1 saturated carbocycles. The number of benzene rings is 1. The van der Waals surface area contributed by atoms with Crippen LogP contribution in [-0.4, -0.2) is 23.4 Å². The Hall–Kier alpha value is -1.16. The minimum absolute atomic E-state index is 0.391. The zero-order valence-corrected chi connectivity index (χ0v) is 9.64. The van der Waals surface area contributed by atoms with E-state index in [0.717, 1.165) is 22.9 Å². The van der Waals surface area contributed by atoms with Crippen LogP contribution in [-0.2, 0) is 0 Å². The Morgan fingerprint density at radius 1 is 1.44 bits per heavy atom. The van der Waals surface area contributed by atoms with E-state index >= 15 is 0 Å². The third-order valence-electron chi connectivity index (χ3n) is 3.39. The van der Waals surface area contributed by atoms with Crippen LogP contribution >= 0.6 is 11.8 Å². The van der Waals surface area contributed by atoms with Crippen LogP contribution in [0.3, 0.4) is 0 Å². The first-order valence-electron chi connectivity index (χ1n) is 5.43. The van der Waals surface area contributed by atoms with Crippen molar-refractivity contribution in [3.63, 3.8) is 0 Å². The van der Waals surface area contributed by atoms with Gasteiger partial charge in [0.1, 0.15) is 0 Å². The van der Waals surface area contributed by atoms with Crippen LogP contribution in [0.1, 0.15) is 23.2 Å². The molecule has 2 N–H and O–H groups in total. The molecule has 84 valence electrons. The largest absolute Gasteiger partial charge is 0.478 e. The van der Waals surface area contributed by atoms with Gasteiger partial charge in [-0.05, 0) is 30.4 Å². The van der Waals surface area contributed by atoms with Crippen LogP contribution in [0.15, 0.2) is 23.1 Å². The average molecular weight is 235 g/mol. The summed E-state index contributed by atoms with van der Waals surface area (Å²) in [5.41, 5.74) is 1.63. The lowest BCUT2D eigenvalue weighted by atomic mass is 10.1. The zero-order chi connectivity index (χ0) is 11.2. The quantitative estimate of drug-likeness (QED) is 0.785. The molecule has 4 heteroatoms. The molecule has 3 nitrogen and oxygen atoms in total. The predicted octanol–water partition coefficient (Wildman–Crippen LogP) is 2.68. The lowest BCUT2D eigenvalue weighted by molar-refractivity contribution is 0.0697. The molecular weight excluding hydrogens is 222 g/mol. The van der Waals surface area contributed by atoms with Gasteiger partial charge in [-0.25, -0.2) is 4.79 Å². The van der Waals surface area contributed by atoms with Crippen LogP contribution in [0.25, 0.3) is 0 Å². The molecule has 0 bridgehead atoms. The zero-order valence-electron chi connectivity index (χ0n) is 8.82. The van der Waals surface area contributed by atoms with Crippen LogP contribution in [0, 0.1) is 5.41 Å². The molecule has 1 aromatic rings. The Bertz CT molecular complexity index is 454. The molecule has 3 rings (SSSR count). The van der Waals surface area contributed by atoms with Crippen LogP contribution in [0.4, 0.5) is 5.69 Å². The first-order chi connectivity index (χ1) is 7.70. The van der Waals surface area contributed by atoms with Crippen molar-refractivity contribution in [2.45, 2.75) is 17.7 Å². The third-order valence-corrected chi connectivity index (χ3v) is 4.80. The van der Waals surface area contributed by atoms with E-state index in [0.29, 0.717) is 11.0 Å². The molecule has 0 aromatic heterocycles. The van der Waals surface area contributed by atoms with Crippen molar-refractivity contribution < 1.29 is 9.90 Å². The average Bonchev–Trinajstić information content (AvgIpc) is 3.06. The highest BCUT2D eigenvalue weighted by Gasteiger charge is 2.43. The highest BCUT2D eigenvalue weighted by Crippen LogP contribution is 2.52. The van der Waals surface area contributed by atoms with Gasteiger partial charge in [0.2, 0.25) is 0 Å². The van der Waals surface area contributed by atoms with Crippen molar-refractivity contribution in [1.82, 2.24) is 0 Å². The highest BCUT2D eigenvalue weighted by molar-refractivity contribution is 7.99. The van der Waals surface area contributed by atoms with Crippen molar-refractivity contribution in [2.24, 2.45) is 5.41 Å². The van der Waals surface area contributed by atoms with Gasteiger partial charge in [0, 0.05) is 17.2 Å². The number of aromatic carboxylic acids is 1. The lowest BCUT2D eigenvalue weighted by Crippen LogP contribution is -2.16. The Kier molecular flexibility index (Phi) is 2.14. The van der Waals surface area contributed by atoms with Gasteiger partial charge in [0.05, 0.1) is 11.3 Å². The van der Waals surface area contributed by atoms with Gasteiger partial charge in [0.15, 0.2) is 0 Å². The molecule has 0 unspecified atom stereocenters. The molecule has 1 aliphatic heterocycles. The molecular formula is C12H13NO2S. The lowest BCUT2D eigenvalue weighted by Gasteiger charge is -2.12. The fraction of sp³-hybridized carbons (Fsp3) is 0.417. The van der Waals surface area contributed by atoms with Gasteiger partial charge < -0.3 is 10.4 Å². The number of carbonyl (C=O) groups is 1. The molecule has 1 heterocycles. The maximum Gasteiger partial charge on any atom is 0.337 e. The summed E-state index contributed by atoms with van der Waals surface area (Å²) in [7, 11) is 0. The van der Waals surface area contributed by atoms with Gasteiger partial charge in [-0.15, -0.1) is 11.8 Å². The summed E-state index contributed by atoms with van der Waals surface area (Å²) in [6, 6.07) is 5.49. The van der Waals surface area contributed by atoms with E-state index in [2.05, 4.69) is 5.32 Å².